The number of anilines is 1. The van der Waals surface area contributed by atoms with Crippen LogP contribution < -0.4 is 10.6 Å². The number of hydrogen-bond acceptors (Lipinski definition) is 4. The Morgan fingerprint density at radius 1 is 1.39 bits per heavy atom. The van der Waals surface area contributed by atoms with E-state index in [0.717, 1.165) is 17.1 Å². The molecule has 94 valence electrons. The molecule has 0 atom stereocenters. The lowest BCUT2D eigenvalue weighted by Gasteiger charge is -2.08. The number of nitrogens with one attached hydrogen (secondary N) is 2. The van der Waals surface area contributed by atoms with Crippen LogP contribution in [0.5, 0.6) is 0 Å². The highest BCUT2D eigenvalue weighted by Gasteiger charge is 2.09. The summed E-state index contributed by atoms with van der Waals surface area (Å²) in [5.74, 6) is -0.0588. The molecule has 0 aliphatic heterocycles. The van der Waals surface area contributed by atoms with Gasteiger partial charge in [-0.2, -0.15) is 0 Å². The Morgan fingerprint density at radius 2 is 2.22 bits per heavy atom. The first kappa shape index (κ1) is 12.6. The van der Waals surface area contributed by atoms with Crippen molar-refractivity contribution in [3.05, 3.63) is 46.4 Å². The Hall–Kier alpha value is -1.88. The number of para-hydroxylation sites is 1. The van der Waals surface area contributed by atoms with Crippen LogP contribution in [0.25, 0.3) is 0 Å². The van der Waals surface area contributed by atoms with Gasteiger partial charge in [0, 0.05) is 37.3 Å². The van der Waals surface area contributed by atoms with Gasteiger partial charge >= 0.3 is 0 Å². The lowest BCUT2D eigenvalue weighted by Crippen LogP contribution is -2.26. The predicted octanol–water partition coefficient (Wildman–Crippen LogP) is 2.16. The van der Waals surface area contributed by atoms with Gasteiger partial charge in [-0.1, -0.05) is 12.1 Å². The van der Waals surface area contributed by atoms with E-state index in [4.69, 9.17) is 0 Å². The summed E-state index contributed by atoms with van der Waals surface area (Å²) in [7, 11) is 1.81. The van der Waals surface area contributed by atoms with Gasteiger partial charge in [-0.25, -0.2) is 4.98 Å². The van der Waals surface area contributed by atoms with Crippen molar-refractivity contribution in [2.45, 2.75) is 6.42 Å². The molecule has 2 N–H and O–H groups in total. The number of hydrogen-bond donors (Lipinski definition) is 2. The molecular weight excluding hydrogens is 246 g/mol. The van der Waals surface area contributed by atoms with Crippen LogP contribution in [-0.4, -0.2) is 24.5 Å². The van der Waals surface area contributed by atoms with Crippen molar-refractivity contribution in [3.8, 4) is 0 Å². The SMILES string of the molecule is CNc1ccccc1C(=O)NCCc1nccs1. The van der Waals surface area contributed by atoms with Gasteiger partial charge in [0.25, 0.3) is 5.91 Å². The first-order chi connectivity index (χ1) is 8.81. The summed E-state index contributed by atoms with van der Waals surface area (Å²) in [6.45, 7) is 0.602. The van der Waals surface area contributed by atoms with Gasteiger partial charge in [0.05, 0.1) is 10.6 Å². The van der Waals surface area contributed by atoms with Crippen molar-refractivity contribution < 1.29 is 4.79 Å². The van der Waals surface area contributed by atoms with Gasteiger partial charge < -0.3 is 10.6 Å². The number of carbonyl (C=O) groups excluding carboxylic acids is 1. The molecule has 4 nitrogen and oxygen atoms in total. The predicted molar refractivity (Wildman–Crippen MR) is 74.1 cm³/mol. The molecule has 1 amide bonds. The summed E-state index contributed by atoms with van der Waals surface area (Å²) in [4.78, 5) is 16.2. The lowest BCUT2D eigenvalue weighted by atomic mass is 10.1. The number of thiazole rings is 1. The summed E-state index contributed by atoms with van der Waals surface area (Å²) in [5.41, 5.74) is 1.50. The molecule has 0 aliphatic rings. The van der Waals surface area contributed by atoms with E-state index < -0.39 is 0 Å². The number of rotatable bonds is 5. The highest BCUT2D eigenvalue weighted by Crippen LogP contribution is 2.13. The number of amides is 1. The van der Waals surface area contributed by atoms with Crippen LogP contribution in [0.1, 0.15) is 15.4 Å². The van der Waals surface area contributed by atoms with E-state index in [-0.39, 0.29) is 5.91 Å². The quantitative estimate of drug-likeness (QED) is 0.867. The number of aromatic nitrogens is 1. The smallest absolute Gasteiger partial charge is 0.253 e. The second kappa shape index (κ2) is 6.16. The van der Waals surface area contributed by atoms with Crippen LogP contribution in [0, 0.1) is 0 Å². The van der Waals surface area contributed by atoms with E-state index in [1.165, 1.54) is 0 Å². The third kappa shape index (κ3) is 3.07. The second-order valence-electron chi connectivity index (χ2n) is 3.73. The number of benzene rings is 1. The average Bonchev–Trinajstić information content (AvgIpc) is 2.91. The molecule has 1 aromatic heterocycles. The van der Waals surface area contributed by atoms with Crippen LogP contribution in [0.4, 0.5) is 5.69 Å². The highest BCUT2D eigenvalue weighted by molar-refractivity contribution is 7.09. The third-order valence-electron chi connectivity index (χ3n) is 2.55. The molecular formula is C13H15N3OS. The summed E-state index contributed by atoms with van der Waals surface area (Å²) in [6.07, 6.45) is 2.54. The van der Waals surface area contributed by atoms with Crippen LogP contribution in [0.2, 0.25) is 0 Å². The summed E-state index contributed by atoms with van der Waals surface area (Å²) >= 11 is 1.60. The summed E-state index contributed by atoms with van der Waals surface area (Å²) in [5, 5.41) is 8.89. The van der Waals surface area contributed by atoms with Crippen LogP contribution in [0.3, 0.4) is 0 Å². The maximum Gasteiger partial charge on any atom is 0.253 e. The molecule has 0 saturated carbocycles. The van der Waals surface area contributed by atoms with Crippen molar-refractivity contribution in [1.29, 1.82) is 0 Å². The fraction of sp³-hybridized carbons (Fsp3) is 0.231. The van der Waals surface area contributed by atoms with E-state index in [1.54, 1.807) is 17.5 Å². The number of nitrogens with zero attached hydrogens (tertiary/aromatic N) is 1. The molecule has 0 aliphatic carbocycles. The molecule has 18 heavy (non-hydrogen) atoms. The van der Waals surface area contributed by atoms with Gasteiger partial charge in [-0.15, -0.1) is 11.3 Å². The number of carbonyl (C=O) groups is 1. The zero-order valence-corrected chi connectivity index (χ0v) is 11.0. The van der Waals surface area contributed by atoms with Gasteiger partial charge in [-0.05, 0) is 12.1 Å². The van der Waals surface area contributed by atoms with Crippen molar-refractivity contribution in [3.63, 3.8) is 0 Å². The average molecular weight is 261 g/mol. The Labute approximate surface area is 110 Å². The van der Waals surface area contributed by atoms with E-state index in [0.29, 0.717) is 12.1 Å². The Bertz CT molecular complexity index is 511. The van der Waals surface area contributed by atoms with Crippen LogP contribution in [-0.2, 0) is 6.42 Å². The Balaban J connectivity index is 1.91. The van der Waals surface area contributed by atoms with Gasteiger partial charge in [0.2, 0.25) is 0 Å². The standard InChI is InChI=1S/C13H15N3OS/c1-14-11-5-3-2-4-10(11)13(17)16-7-6-12-15-8-9-18-12/h2-5,8-9,14H,6-7H2,1H3,(H,16,17). The molecule has 0 bridgehead atoms. The molecule has 2 rings (SSSR count). The third-order valence-corrected chi connectivity index (χ3v) is 3.39. The summed E-state index contributed by atoms with van der Waals surface area (Å²) < 4.78 is 0. The van der Waals surface area contributed by atoms with E-state index in [1.807, 2.05) is 36.7 Å². The fourth-order valence-electron chi connectivity index (χ4n) is 1.65. The lowest BCUT2D eigenvalue weighted by molar-refractivity contribution is 0.0955. The minimum atomic E-state index is -0.0588. The molecule has 0 unspecified atom stereocenters. The Morgan fingerprint density at radius 3 is 2.94 bits per heavy atom. The van der Waals surface area contributed by atoms with Crippen molar-refractivity contribution >= 4 is 22.9 Å². The molecule has 0 fully saturated rings. The van der Waals surface area contributed by atoms with E-state index in [2.05, 4.69) is 15.6 Å². The molecule has 1 aromatic carbocycles. The van der Waals surface area contributed by atoms with Crippen molar-refractivity contribution in [2.24, 2.45) is 0 Å². The monoisotopic (exact) mass is 261 g/mol. The van der Waals surface area contributed by atoms with Crippen LogP contribution in [0.15, 0.2) is 35.8 Å². The first-order valence-corrected chi connectivity index (χ1v) is 6.62. The second-order valence-corrected chi connectivity index (χ2v) is 4.71. The first-order valence-electron chi connectivity index (χ1n) is 5.74. The maximum atomic E-state index is 12.0. The molecule has 0 radical (unpaired) electrons. The van der Waals surface area contributed by atoms with Gasteiger partial charge in [0.15, 0.2) is 0 Å². The molecule has 0 spiro atoms. The maximum absolute atomic E-state index is 12.0. The largest absolute Gasteiger partial charge is 0.387 e. The highest BCUT2D eigenvalue weighted by atomic mass is 32.1. The molecule has 1 heterocycles. The topological polar surface area (TPSA) is 54.0 Å². The zero-order chi connectivity index (χ0) is 12.8. The Kier molecular flexibility index (Phi) is 4.30. The minimum Gasteiger partial charge on any atom is -0.387 e. The molecule has 5 heteroatoms. The minimum absolute atomic E-state index is 0.0588. The van der Waals surface area contributed by atoms with E-state index in [9.17, 15) is 4.79 Å². The van der Waals surface area contributed by atoms with Crippen molar-refractivity contribution in [2.75, 3.05) is 18.9 Å². The molecule has 2 aromatic rings. The zero-order valence-electron chi connectivity index (χ0n) is 10.1. The summed E-state index contributed by atoms with van der Waals surface area (Å²) in [6, 6.07) is 7.45. The van der Waals surface area contributed by atoms with Gasteiger partial charge in [0.1, 0.15) is 0 Å². The van der Waals surface area contributed by atoms with Gasteiger partial charge in [-0.3, -0.25) is 4.79 Å². The fourth-order valence-corrected chi connectivity index (χ4v) is 2.27. The normalized spacial score (nSPS) is 10.1. The van der Waals surface area contributed by atoms with Crippen molar-refractivity contribution in [1.82, 2.24) is 10.3 Å². The van der Waals surface area contributed by atoms with Crippen LogP contribution >= 0.6 is 11.3 Å². The van der Waals surface area contributed by atoms with E-state index >= 15 is 0 Å². The molecule has 0 saturated heterocycles.